The molecule has 32 heavy (non-hydrogen) atoms. The lowest BCUT2D eigenvalue weighted by Crippen LogP contribution is -2.28. The Morgan fingerprint density at radius 2 is 1.59 bits per heavy atom. The van der Waals surface area contributed by atoms with Gasteiger partial charge < -0.3 is 25.1 Å². The number of imidazole rings is 1. The number of carbonyl (C=O) groups excluding carboxylic acids is 1. The number of H-pyrrole nitrogens is 1. The van der Waals surface area contributed by atoms with Crippen molar-refractivity contribution in [3.05, 3.63) is 90.9 Å². The highest BCUT2D eigenvalue weighted by molar-refractivity contribution is 5.89. The summed E-state index contributed by atoms with van der Waals surface area (Å²) in [6.45, 7) is 2.81. The molecule has 0 spiro atoms. The van der Waals surface area contributed by atoms with Gasteiger partial charge in [0.1, 0.15) is 29.7 Å². The molecule has 7 heteroatoms. The largest absolute Gasteiger partial charge is 0.486 e. The maximum atomic E-state index is 11.6. The second kappa shape index (κ2) is 10.2. The third kappa shape index (κ3) is 5.66. The van der Waals surface area contributed by atoms with Crippen LogP contribution < -0.4 is 20.1 Å². The molecule has 0 bridgehead atoms. The zero-order valence-electron chi connectivity index (χ0n) is 17.7. The predicted molar refractivity (Wildman–Crippen MR) is 124 cm³/mol. The number of aromatic nitrogens is 2. The number of hydrogen-bond donors (Lipinski definition) is 3. The Morgan fingerprint density at radius 1 is 0.906 bits per heavy atom. The van der Waals surface area contributed by atoms with E-state index in [4.69, 9.17) is 9.47 Å². The molecular weight excluding hydrogens is 404 g/mol. The highest BCUT2D eigenvalue weighted by Crippen LogP contribution is 2.26. The summed E-state index contributed by atoms with van der Waals surface area (Å²) in [5, 5.41) is 5.44. The minimum atomic E-state index is -0.231. The number of anilines is 1. The highest BCUT2D eigenvalue weighted by atomic mass is 16.5. The van der Waals surface area contributed by atoms with Gasteiger partial charge in [-0.3, -0.25) is 0 Å². The van der Waals surface area contributed by atoms with Crippen molar-refractivity contribution in [1.82, 2.24) is 15.3 Å². The van der Waals surface area contributed by atoms with Gasteiger partial charge in [-0.2, -0.15) is 0 Å². The lowest BCUT2D eigenvalue weighted by molar-refractivity contribution is 0.252. The quantitative estimate of drug-likeness (QED) is 0.341. The van der Waals surface area contributed by atoms with E-state index < -0.39 is 0 Å². The van der Waals surface area contributed by atoms with Crippen molar-refractivity contribution in [2.24, 2.45) is 0 Å². The molecule has 0 radical (unpaired) electrons. The minimum Gasteiger partial charge on any atom is -0.486 e. The molecule has 0 aliphatic rings. The normalized spacial score (nSPS) is 10.4. The smallest absolute Gasteiger partial charge is 0.319 e. The predicted octanol–water partition coefficient (Wildman–Crippen LogP) is 5.59. The van der Waals surface area contributed by atoms with Crippen LogP contribution in [0.3, 0.4) is 0 Å². The van der Waals surface area contributed by atoms with E-state index in [1.165, 1.54) is 0 Å². The van der Waals surface area contributed by atoms with Crippen molar-refractivity contribution in [2.45, 2.75) is 13.5 Å². The summed E-state index contributed by atoms with van der Waals surface area (Å²) in [5.41, 5.74) is 2.60. The first-order valence-electron chi connectivity index (χ1n) is 10.3. The molecule has 0 fully saturated rings. The van der Waals surface area contributed by atoms with E-state index in [1.54, 1.807) is 18.3 Å². The molecule has 0 aliphatic carbocycles. The van der Waals surface area contributed by atoms with Crippen LogP contribution in [-0.2, 0) is 6.61 Å². The molecule has 4 aromatic rings. The van der Waals surface area contributed by atoms with Crippen molar-refractivity contribution in [1.29, 1.82) is 0 Å². The van der Waals surface area contributed by atoms with Crippen LogP contribution in [-0.4, -0.2) is 22.5 Å². The Morgan fingerprint density at radius 3 is 2.28 bits per heavy atom. The molecule has 7 nitrogen and oxygen atoms in total. The van der Waals surface area contributed by atoms with E-state index in [0.29, 0.717) is 30.3 Å². The summed E-state index contributed by atoms with van der Waals surface area (Å²) in [6, 6.07) is 24.4. The van der Waals surface area contributed by atoms with Gasteiger partial charge in [-0.1, -0.05) is 18.2 Å². The lowest BCUT2D eigenvalue weighted by atomic mass is 10.1. The number of urea groups is 1. The number of nitrogens with zero attached hydrogens (tertiary/aromatic N) is 1. The van der Waals surface area contributed by atoms with Gasteiger partial charge in [-0.25, -0.2) is 9.78 Å². The third-order valence-electron chi connectivity index (χ3n) is 4.60. The van der Waals surface area contributed by atoms with Crippen LogP contribution in [0, 0.1) is 0 Å². The second-order valence-corrected chi connectivity index (χ2v) is 6.98. The summed E-state index contributed by atoms with van der Waals surface area (Å²) in [4.78, 5) is 19.2. The van der Waals surface area contributed by atoms with Crippen LogP contribution in [0.2, 0.25) is 0 Å². The Balaban J connectivity index is 1.33. The number of ether oxygens (including phenoxy) is 2. The molecule has 2 amide bonds. The molecule has 0 unspecified atom stereocenters. The van der Waals surface area contributed by atoms with E-state index in [1.807, 2.05) is 73.7 Å². The number of carbonyl (C=O) groups is 1. The number of benzene rings is 3. The topological polar surface area (TPSA) is 88.3 Å². The van der Waals surface area contributed by atoms with Gasteiger partial charge >= 0.3 is 6.03 Å². The van der Waals surface area contributed by atoms with Crippen molar-refractivity contribution in [2.75, 3.05) is 11.9 Å². The zero-order valence-corrected chi connectivity index (χ0v) is 17.7. The molecule has 0 aliphatic heterocycles. The molecule has 3 aromatic carbocycles. The van der Waals surface area contributed by atoms with Gasteiger partial charge in [0, 0.05) is 12.2 Å². The number of para-hydroxylation sites is 1. The van der Waals surface area contributed by atoms with Gasteiger partial charge in [0.2, 0.25) is 0 Å². The second-order valence-electron chi connectivity index (χ2n) is 6.98. The Labute approximate surface area is 186 Å². The zero-order chi connectivity index (χ0) is 22.2. The van der Waals surface area contributed by atoms with Crippen LogP contribution in [0.5, 0.6) is 17.2 Å². The maximum absolute atomic E-state index is 11.6. The Hall–Kier alpha value is -4.26. The van der Waals surface area contributed by atoms with Crippen LogP contribution in [0.4, 0.5) is 10.5 Å². The number of aromatic amines is 1. The van der Waals surface area contributed by atoms with Gasteiger partial charge in [0.25, 0.3) is 0 Å². The number of hydrogen-bond acceptors (Lipinski definition) is 4. The van der Waals surface area contributed by atoms with E-state index in [2.05, 4.69) is 20.6 Å². The fourth-order valence-electron chi connectivity index (χ4n) is 3.03. The van der Waals surface area contributed by atoms with Crippen LogP contribution >= 0.6 is 0 Å². The van der Waals surface area contributed by atoms with Crippen LogP contribution in [0.15, 0.2) is 85.1 Å². The van der Waals surface area contributed by atoms with Crippen molar-refractivity contribution >= 4 is 11.7 Å². The summed E-state index contributed by atoms with van der Waals surface area (Å²) in [6.07, 6.45) is 1.79. The average Bonchev–Trinajstić information content (AvgIpc) is 3.29. The van der Waals surface area contributed by atoms with Gasteiger partial charge in [-0.15, -0.1) is 0 Å². The van der Waals surface area contributed by atoms with Gasteiger partial charge in [-0.05, 0) is 73.2 Å². The number of rotatable bonds is 8. The molecule has 162 valence electrons. The molecular formula is C25H24N4O3. The molecule has 3 N–H and O–H groups in total. The number of nitrogens with one attached hydrogen (secondary N) is 3. The Kier molecular flexibility index (Phi) is 6.67. The standard InChI is InChI=1S/C25H24N4O3/c1-2-26-25(30)28-19-10-14-22(15-11-19)32-21-12-8-18(9-13-21)23-16-27-24(29-23)17-31-20-6-4-3-5-7-20/h3-16H,2,17H2,1H3,(H,27,29)(H2,26,28,30). The fourth-order valence-corrected chi connectivity index (χ4v) is 3.03. The van der Waals surface area contributed by atoms with Crippen LogP contribution in [0.1, 0.15) is 12.7 Å². The molecule has 4 rings (SSSR count). The Bertz CT molecular complexity index is 1140. The minimum absolute atomic E-state index is 0.231. The average molecular weight is 428 g/mol. The highest BCUT2D eigenvalue weighted by Gasteiger charge is 2.06. The fraction of sp³-hybridized carbons (Fsp3) is 0.120. The monoisotopic (exact) mass is 428 g/mol. The van der Waals surface area contributed by atoms with Gasteiger partial charge in [0.05, 0.1) is 11.9 Å². The summed E-state index contributed by atoms with van der Waals surface area (Å²) < 4.78 is 11.6. The van der Waals surface area contributed by atoms with Crippen molar-refractivity contribution in [3.8, 4) is 28.5 Å². The summed E-state index contributed by atoms with van der Waals surface area (Å²) in [7, 11) is 0. The first kappa shape index (κ1) is 21.0. The molecule has 0 saturated heterocycles. The van der Waals surface area contributed by atoms with Crippen molar-refractivity contribution < 1.29 is 14.3 Å². The third-order valence-corrected chi connectivity index (χ3v) is 4.60. The molecule has 1 aromatic heterocycles. The molecule has 1 heterocycles. The van der Waals surface area contributed by atoms with Crippen LogP contribution in [0.25, 0.3) is 11.3 Å². The number of amides is 2. The van der Waals surface area contributed by atoms with Gasteiger partial charge in [0.15, 0.2) is 0 Å². The SMILES string of the molecule is CCNC(=O)Nc1ccc(Oc2ccc(-c3cnc(COc4ccccc4)[nH]3)cc2)cc1. The first-order chi connectivity index (χ1) is 15.7. The molecule has 0 atom stereocenters. The van der Waals surface area contributed by atoms with Crippen molar-refractivity contribution in [3.63, 3.8) is 0 Å². The molecule has 0 saturated carbocycles. The lowest BCUT2D eigenvalue weighted by Gasteiger charge is -2.09. The summed E-state index contributed by atoms with van der Waals surface area (Å²) in [5.74, 6) is 2.96. The summed E-state index contributed by atoms with van der Waals surface area (Å²) >= 11 is 0. The van der Waals surface area contributed by atoms with E-state index in [9.17, 15) is 4.79 Å². The van der Waals surface area contributed by atoms with E-state index >= 15 is 0 Å². The van der Waals surface area contributed by atoms with E-state index in [-0.39, 0.29) is 6.03 Å². The maximum Gasteiger partial charge on any atom is 0.319 e. The van der Waals surface area contributed by atoms with E-state index in [0.717, 1.165) is 22.8 Å². The first-order valence-corrected chi connectivity index (χ1v) is 10.3.